The molecule has 0 aliphatic carbocycles. The first kappa shape index (κ1) is 37.9. The maximum atomic E-state index is 12.5. The molecule has 7 N–H and O–H groups in total. The molecule has 3 aliphatic rings. The molecule has 3 saturated heterocycles. The number of ether oxygens (including phenoxy) is 5. The lowest BCUT2D eigenvalue weighted by atomic mass is 9.96. The monoisotopic (exact) mass is 712 g/mol. The summed E-state index contributed by atoms with van der Waals surface area (Å²) in [7, 11) is 0. The van der Waals surface area contributed by atoms with Crippen molar-refractivity contribution in [2.75, 3.05) is 59.2 Å². The average Bonchev–Trinajstić information content (AvgIpc) is 3.12. The summed E-state index contributed by atoms with van der Waals surface area (Å²) in [6.07, 6.45) is -16.3. The lowest BCUT2D eigenvalue weighted by Gasteiger charge is -2.45. The number of rotatable bonds is 13. The van der Waals surface area contributed by atoms with Gasteiger partial charge in [-0.2, -0.15) is 0 Å². The normalized spacial score (nSPS) is 33.6. The summed E-state index contributed by atoms with van der Waals surface area (Å²) in [6.45, 7) is 2.10. The molecule has 3 fully saturated rings. The van der Waals surface area contributed by atoms with Crippen molar-refractivity contribution in [2.24, 2.45) is 0 Å². The van der Waals surface area contributed by atoms with Gasteiger partial charge in [-0.15, -0.1) is 0 Å². The molecule has 5 rings (SSSR count). The van der Waals surface area contributed by atoms with E-state index in [-0.39, 0.29) is 12.6 Å². The summed E-state index contributed by atoms with van der Waals surface area (Å²) < 4.78 is 27.0. The van der Waals surface area contributed by atoms with E-state index in [9.17, 15) is 40.5 Å². The summed E-state index contributed by atoms with van der Waals surface area (Å²) >= 11 is 6.14. The van der Waals surface area contributed by atoms with Crippen LogP contribution in [0.5, 0.6) is 0 Å². The standard InChI is InChI=1S/C33H45ClN2O13/c34-21-8-6-20(7-9-21)25(19-4-2-1-3-5-19)36-12-10-35(11-13-36)14-15-45-18-24(39)48-32-30(44)28(42)31(23(17-38)47-32)49-33-29(43)27(41)26(40)22(16-37)46-33/h1-9,22-23,25-33,37-38,40-44H,10-18H2/t22?,23?,25-,26?,27?,28?,29?,30?,31?,32?,33?/m1/s1. The maximum Gasteiger partial charge on any atom is 0.334 e. The topological polar surface area (TPSA) is 211 Å². The van der Waals surface area contributed by atoms with Crippen LogP contribution in [0.2, 0.25) is 5.02 Å². The quantitative estimate of drug-likeness (QED) is 0.0905. The number of nitrogens with zero attached hydrogens (tertiary/aromatic N) is 2. The van der Waals surface area contributed by atoms with Crippen molar-refractivity contribution in [3.05, 3.63) is 70.7 Å². The van der Waals surface area contributed by atoms with Gasteiger partial charge in [0, 0.05) is 37.7 Å². The lowest BCUT2D eigenvalue weighted by Crippen LogP contribution is -2.64. The Morgan fingerprint density at radius 2 is 1.39 bits per heavy atom. The van der Waals surface area contributed by atoms with Gasteiger partial charge in [-0.25, -0.2) is 4.79 Å². The van der Waals surface area contributed by atoms with Crippen molar-refractivity contribution in [1.29, 1.82) is 0 Å². The van der Waals surface area contributed by atoms with E-state index in [1.165, 1.54) is 5.56 Å². The van der Waals surface area contributed by atoms with Gasteiger partial charge < -0.3 is 59.4 Å². The Bertz CT molecular complexity index is 1300. The first-order chi connectivity index (χ1) is 23.6. The third kappa shape index (κ3) is 9.32. The van der Waals surface area contributed by atoms with E-state index in [4.69, 9.17) is 35.3 Å². The van der Waals surface area contributed by atoms with E-state index in [1.807, 2.05) is 30.3 Å². The summed E-state index contributed by atoms with van der Waals surface area (Å²) in [5, 5.41) is 71.5. The smallest absolute Gasteiger partial charge is 0.334 e. The second-order valence-corrected chi connectivity index (χ2v) is 12.7. The molecule has 2 aromatic rings. The Morgan fingerprint density at radius 1 is 0.776 bits per heavy atom. The lowest BCUT2D eigenvalue weighted by molar-refractivity contribution is -0.356. The van der Waals surface area contributed by atoms with Crippen LogP contribution in [0.15, 0.2) is 54.6 Å². The number of carbonyl (C=O) groups excluding carboxylic acids is 1. The summed E-state index contributed by atoms with van der Waals surface area (Å²) in [6, 6.07) is 18.3. The molecule has 0 aromatic heterocycles. The van der Waals surface area contributed by atoms with Crippen LogP contribution in [-0.4, -0.2) is 172 Å². The van der Waals surface area contributed by atoms with Crippen LogP contribution in [0, 0.1) is 0 Å². The number of aliphatic hydroxyl groups is 7. The number of benzene rings is 2. The molecule has 0 radical (unpaired) electrons. The van der Waals surface area contributed by atoms with Gasteiger partial charge in [0.25, 0.3) is 0 Å². The second-order valence-electron chi connectivity index (χ2n) is 12.3. The van der Waals surface area contributed by atoms with Crippen LogP contribution in [0.3, 0.4) is 0 Å². The zero-order chi connectivity index (χ0) is 35.1. The predicted molar refractivity (Wildman–Crippen MR) is 171 cm³/mol. The highest BCUT2D eigenvalue weighted by Gasteiger charge is 2.51. The fourth-order valence-electron chi connectivity index (χ4n) is 6.31. The van der Waals surface area contributed by atoms with Gasteiger partial charge >= 0.3 is 5.97 Å². The molecule has 15 nitrogen and oxygen atoms in total. The van der Waals surface area contributed by atoms with Crippen molar-refractivity contribution in [2.45, 2.75) is 67.5 Å². The Morgan fingerprint density at radius 3 is 2.04 bits per heavy atom. The summed E-state index contributed by atoms with van der Waals surface area (Å²) in [5.74, 6) is -0.875. The summed E-state index contributed by atoms with van der Waals surface area (Å²) in [5.41, 5.74) is 2.36. The fourth-order valence-corrected chi connectivity index (χ4v) is 6.43. The Kier molecular flexibility index (Phi) is 13.7. The SMILES string of the molecule is O=C(COCCN1CCN([C@H](c2ccccc2)c2ccc(Cl)cc2)CC1)OC1OC(CO)C(OC2OC(CO)C(O)C(O)C2O)C(O)C1O. The van der Waals surface area contributed by atoms with Crippen molar-refractivity contribution in [3.63, 3.8) is 0 Å². The van der Waals surface area contributed by atoms with Crippen LogP contribution in [0.25, 0.3) is 0 Å². The Labute approximate surface area is 288 Å². The van der Waals surface area contributed by atoms with E-state index in [0.29, 0.717) is 11.6 Å². The molecule has 0 spiro atoms. The first-order valence-corrected chi connectivity index (χ1v) is 16.6. The van der Waals surface area contributed by atoms with Crippen molar-refractivity contribution in [1.82, 2.24) is 9.80 Å². The molecule has 272 valence electrons. The van der Waals surface area contributed by atoms with Gasteiger partial charge in [0.2, 0.25) is 6.29 Å². The molecule has 0 saturated carbocycles. The molecule has 49 heavy (non-hydrogen) atoms. The van der Waals surface area contributed by atoms with Crippen molar-refractivity contribution >= 4 is 17.6 Å². The van der Waals surface area contributed by atoms with Crippen molar-refractivity contribution in [3.8, 4) is 0 Å². The van der Waals surface area contributed by atoms with Gasteiger partial charge in [0.05, 0.1) is 25.9 Å². The van der Waals surface area contributed by atoms with Crippen LogP contribution >= 0.6 is 11.6 Å². The maximum absolute atomic E-state index is 12.5. The molecule has 0 amide bonds. The highest BCUT2D eigenvalue weighted by atomic mass is 35.5. The number of esters is 1. The third-order valence-corrected chi connectivity index (χ3v) is 9.30. The van der Waals surface area contributed by atoms with E-state index < -0.39 is 87.2 Å². The van der Waals surface area contributed by atoms with Gasteiger partial charge in [0.15, 0.2) is 6.29 Å². The minimum atomic E-state index is -1.83. The van der Waals surface area contributed by atoms with Crippen LogP contribution in [0.4, 0.5) is 0 Å². The van der Waals surface area contributed by atoms with Crippen LogP contribution in [0.1, 0.15) is 17.2 Å². The van der Waals surface area contributed by atoms with Gasteiger partial charge in [-0.3, -0.25) is 9.80 Å². The largest absolute Gasteiger partial charge is 0.431 e. The van der Waals surface area contributed by atoms with Gasteiger partial charge in [-0.1, -0.05) is 54.1 Å². The summed E-state index contributed by atoms with van der Waals surface area (Å²) in [4.78, 5) is 17.2. The zero-order valence-corrected chi connectivity index (χ0v) is 27.5. The van der Waals surface area contributed by atoms with Crippen LogP contribution in [-0.2, 0) is 28.5 Å². The molecule has 3 aliphatic heterocycles. The molecule has 10 unspecified atom stereocenters. The molecule has 11 atom stereocenters. The fraction of sp³-hybridized carbons (Fsp3) is 0.606. The highest BCUT2D eigenvalue weighted by Crippen LogP contribution is 2.31. The van der Waals surface area contributed by atoms with Crippen molar-refractivity contribution < 1.29 is 64.2 Å². The van der Waals surface area contributed by atoms with Gasteiger partial charge in [-0.05, 0) is 23.3 Å². The van der Waals surface area contributed by atoms with E-state index >= 15 is 0 Å². The molecule has 16 heteroatoms. The van der Waals surface area contributed by atoms with E-state index in [1.54, 1.807) is 0 Å². The molecular formula is C33H45ClN2O13. The number of hydrogen-bond donors (Lipinski definition) is 7. The molecule has 3 heterocycles. The number of halogens is 1. The Hall–Kier alpha value is -2.32. The highest BCUT2D eigenvalue weighted by molar-refractivity contribution is 6.30. The van der Waals surface area contributed by atoms with Crippen LogP contribution < -0.4 is 0 Å². The molecule has 0 bridgehead atoms. The molecule has 2 aromatic carbocycles. The first-order valence-electron chi connectivity index (χ1n) is 16.2. The number of carbonyl (C=O) groups is 1. The van der Waals surface area contributed by atoms with E-state index in [2.05, 4.69) is 34.1 Å². The van der Waals surface area contributed by atoms with E-state index in [0.717, 1.165) is 31.7 Å². The number of aliphatic hydroxyl groups excluding tert-OH is 7. The minimum absolute atomic E-state index is 0.0857. The number of piperazine rings is 1. The zero-order valence-electron chi connectivity index (χ0n) is 26.8. The Balaban J connectivity index is 1.05. The minimum Gasteiger partial charge on any atom is -0.431 e. The predicted octanol–water partition coefficient (Wildman–Crippen LogP) is -1.77. The second kappa shape index (κ2) is 17.7. The third-order valence-electron chi connectivity index (χ3n) is 9.05. The average molecular weight is 713 g/mol. The van der Waals surface area contributed by atoms with Gasteiger partial charge in [0.1, 0.15) is 55.4 Å². The number of hydrogen-bond acceptors (Lipinski definition) is 15. The molecular weight excluding hydrogens is 668 g/mol.